The minimum atomic E-state index is -4.53. The molecule has 2 saturated heterocycles. The van der Waals surface area contributed by atoms with E-state index in [0.29, 0.717) is 49.3 Å². The van der Waals surface area contributed by atoms with Gasteiger partial charge in [-0.25, -0.2) is 0 Å². The van der Waals surface area contributed by atoms with Crippen LogP contribution in [0.1, 0.15) is 44.9 Å². The molecule has 0 unspecified atom stereocenters. The Morgan fingerprint density at radius 3 is 2.58 bits per heavy atom. The fourth-order valence-corrected chi connectivity index (χ4v) is 6.40. The highest BCUT2D eigenvalue weighted by Crippen LogP contribution is 2.46. The molecule has 1 aromatic heterocycles. The SMILES string of the molecule is Cn1cnnc1CC1(c2cccc(N3Cc4c(cc(CN5C[C@H]6C[C@H]6C5)cc4C(F)(F)F)C3=O)c2)COC1. The number of halogens is 3. The van der Waals surface area contributed by atoms with Crippen molar-refractivity contribution in [2.75, 3.05) is 31.2 Å². The molecule has 1 aliphatic carbocycles. The van der Waals surface area contributed by atoms with E-state index in [1.807, 2.05) is 29.8 Å². The van der Waals surface area contributed by atoms with Gasteiger partial charge in [-0.05, 0) is 59.2 Å². The highest BCUT2D eigenvalue weighted by Gasteiger charge is 2.46. The van der Waals surface area contributed by atoms with Crippen LogP contribution in [0.4, 0.5) is 18.9 Å². The van der Waals surface area contributed by atoms with Gasteiger partial charge in [0, 0.05) is 49.8 Å². The Morgan fingerprint density at radius 2 is 1.92 bits per heavy atom. The number of nitrogens with zero attached hydrogens (tertiary/aromatic N) is 5. The average Bonchev–Trinajstić information content (AvgIpc) is 3.13. The third-order valence-corrected chi connectivity index (χ3v) is 8.70. The number of likely N-dealkylation sites (tertiary alicyclic amines) is 1. The number of hydrogen-bond acceptors (Lipinski definition) is 5. The fraction of sp³-hybridized carbons (Fsp3) is 0.464. The second kappa shape index (κ2) is 8.38. The van der Waals surface area contributed by atoms with Crippen LogP contribution in [0.15, 0.2) is 42.7 Å². The summed E-state index contributed by atoms with van der Waals surface area (Å²) in [5, 5.41) is 8.18. The first-order valence-corrected chi connectivity index (χ1v) is 13.0. The zero-order chi connectivity index (χ0) is 26.2. The first-order valence-electron chi connectivity index (χ1n) is 13.0. The van der Waals surface area contributed by atoms with Crippen molar-refractivity contribution in [3.05, 3.63) is 76.4 Å². The molecule has 3 aliphatic heterocycles. The molecular weight excluding hydrogens is 495 g/mol. The Hall–Kier alpha value is -3.24. The number of benzene rings is 2. The van der Waals surface area contributed by atoms with E-state index in [2.05, 4.69) is 15.1 Å². The van der Waals surface area contributed by atoms with E-state index in [0.717, 1.165) is 24.5 Å². The fourth-order valence-electron chi connectivity index (χ4n) is 6.40. The van der Waals surface area contributed by atoms with Gasteiger partial charge in [-0.1, -0.05) is 12.1 Å². The molecule has 1 saturated carbocycles. The molecular formula is C28H28F3N5O2. The van der Waals surface area contributed by atoms with Crippen LogP contribution in [-0.4, -0.2) is 51.9 Å². The minimum Gasteiger partial charge on any atom is -0.379 e. The molecule has 3 fully saturated rings. The van der Waals surface area contributed by atoms with Gasteiger partial charge in [0.05, 0.1) is 25.3 Å². The van der Waals surface area contributed by atoms with Gasteiger partial charge in [0.15, 0.2) is 0 Å². The molecule has 3 aromatic rings. The number of aryl methyl sites for hydroxylation is 1. The molecule has 2 aromatic carbocycles. The normalized spacial score (nSPS) is 23.9. The highest BCUT2D eigenvalue weighted by molar-refractivity contribution is 6.10. The molecule has 0 spiro atoms. The van der Waals surface area contributed by atoms with Crippen molar-refractivity contribution in [3.8, 4) is 0 Å². The van der Waals surface area contributed by atoms with E-state index in [1.165, 1.54) is 17.4 Å². The van der Waals surface area contributed by atoms with E-state index in [1.54, 1.807) is 18.5 Å². The maximum Gasteiger partial charge on any atom is 0.416 e. The van der Waals surface area contributed by atoms with Crippen LogP contribution >= 0.6 is 0 Å². The predicted octanol–water partition coefficient (Wildman–Crippen LogP) is 3.96. The lowest BCUT2D eigenvalue weighted by Gasteiger charge is -2.42. The number of fused-ring (bicyclic) bond motifs is 2. The molecule has 0 radical (unpaired) electrons. The second-order valence-corrected chi connectivity index (χ2v) is 11.4. The number of aromatic nitrogens is 3. The lowest BCUT2D eigenvalue weighted by Crippen LogP contribution is -2.49. The van der Waals surface area contributed by atoms with Crippen LogP contribution in [0.5, 0.6) is 0 Å². The quantitative estimate of drug-likeness (QED) is 0.490. The van der Waals surface area contributed by atoms with E-state index in [-0.39, 0.29) is 29.0 Å². The number of alkyl halides is 3. The van der Waals surface area contributed by atoms with Crippen molar-refractivity contribution in [1.82, 2.24) is 19.7 Å². The van der Waals surface area contributed by atoms with Crippen molar-refractivity contribution < 1.29 is 22.7 Å². The number of carbonyl (C=O) groups is 1. The number of carbonyl (C=O) groups excluding carboxylic acids is 1. The molecule has 0 bridgehead atoms. The van der Waals surface area contributed by atoms with Gasteiger partial charge in [-0.3, -0.25) is 9.69 Å². The molecule has 38 heavy (non-hydrogen) atoms. The number of hydrogen-bond donors (Lipinski definition) is 0. The van der Waals surface area contributed by atoms with E-state index >= 15 is 0 Å². The Morgan fingerprint density at radius 1 is 1.13 bits per heavy atom. The Kier molecular flexibility index (Phi) is 5.26. The van der Waals surface area contributed by atoms with Crippen molar-refractivity contribution in [1.29, 1.82) is 0 Å². The summed E-state index contributed by atoms with van der Waals surface area (Å²) in [7, 11) is 1.89. The summed E-state index contributed by atoms with van der Waals surface area (Å²) in [6, 6.07) is 10.5. The summed E-state index contributed by atoms with van der Waals surface area (Å²) in [5.74, 6) is 1.81. The van der Waals surface area contributed by atoms with Crippen LogP contribution in [0, 0.1) is 11.8 Å². The zero-order valence-electron chi connectivity index (χ0n) is 21.0. The minimum absolute atomic E-state index is 0.0571. The first-order chi connectivity index (χ1) is 18.2. The molecule has 198 valence electrons. The Balaban J connectivity index is 1.20. The molecule has 0 N–H and O–H groups in total. The van der Waals surface area contributed by atoms with Gasteiger partial charge >= 0.3 is 6.18 Å². The highest BCUT2D eigenvalue weighted by atomic mass is 19.4. The lowest BCUT2D eigenvalue weighted by atomic mass is 9.75. The average molecular weight is 524 g/mol. The largest absolute Gasteiger partial charge is 0.416 e. The third-order valence-electron chi connectivity index (χ3n) is 8.70. The molecule has 4 aliphatic rings. The van der Waals surface area contributed by atoms with Crippen molar-refractivity contribution in [2.24, 2.45) is 18.9 Å². The lowest BCUT2D eigenvalue weighted by molar-refractivity contribution is -0.138. The number of rotatable bonds is 6. The summed E-state index contributed by atoms with van der Waals surface area (Å²) in [5.41, 5.74) is 1.29. The summed E-state index contributed by atoms with van der Waals surface area (Å²) < 4.78 is 50.0. The van der Waals surface area contributed by atoms with Crippen LogP contribution in [0.25, 0.3) is 0 Å². The monoisotopic (exact) mass is 523 g/mol. The van der Waals surface area contributed by atoms with Gasteiger partial charge in [0.1, 0.15) is 12.2 Å². The van der Waals surface area contributed by atoms with Crippen molar-refractivity contribution >= 4 is 11.6 Å². The summed E-state index contributed by atoms with van der Waals surface area (Å²) >= 11 is 0. The Bertz CT molecular complexity index is 1420. The van der Waals surface area contributed by atoms with Gasteiger partial charge < -0.3 is 14.2 Å². The summed E-state index contributed by atoms with van der Waals surface area (Å²) in [6.07, 6.45) is -1.04. The van der Waals surface area contributed by atoms with E-state index < -0.39 is 11.7 Å². The van der Waals surface area contributed by atoms with Gasteiger partial charge in [-0.2, -0.15) is 13.2 Å². The van der Waals surface area contributed by atoms with Gasteiger partial charge in [0.2, 0.25) is 0 Å². The standard InChI is InChI=1S/C28H28F3N5O2/c1-34-16-32-33-25(34)9-27(14-38-15-27)20-3-2-4-21(8-20)36-13-23-22(26(36)37)5-17(6-24(23)28(29,30)31)10-35-11-18-7-19(18)12-35/h2-6,8,16,18-19H,7,9-15H2,1H3/t18-,19+. The van der Waals surface area contributed by atoms with Crippen LogP contribution < -0.4 is 4.90 Å². The topological polar surface area (TPSA) is 63.5 Å². The summed E-state index contributed by atoms with van der Waals surface area (Å²) in [4.78, 5) is 17.2. The smallest absolute Gasteiger partial charge is 0.379 e. The number of ether oxygens (including phenoxy) is 1. The Labute approximate surface area is 218 Å². The first kappa shape index (κ1) is 23.8. The van der Waals surface area contributed by atoms with Crippen LogP contribution in [-0.2, 0) is 42.9 Å². The summed E-state index contributed by atoms with van der Waals surface area (Å²) in [6.45, 7) is 3.18. The molecule has 7 nitrogen and oxygen atoms in total. The molecule has 2 atom stereocenters. The second-order valence-electron chi connectivity index (χ2n) is 11.4. The number of piperidine rings is 1. The van der Waals surface area contributed by atoms with Gasteiger partial charge in [-0.15, -0.1) is 10.2 Å². The zero-order valence-corrected chi connectivity index (χ0v) is 21.0. The van der Waals surface area contributed by atoms with Crippen LogP contribution in [0.2, 0.25) is 0 Å². The number of amides is 1. The van der Waals surface area contributed by atoms with Crippen molar-refractivity contribution in [3.63, 3.8) is 0 Å². The predicted molar refractivity (Wildman–Crippen MR) is 132 cm³/mol. The van der Waals surface area contributed by atoms with Gasteiger partial charge in [0.25, 0.3) is 5.91 Å². The molecule has 4 heterocycles. The maximum atomic E-state index is 14.2. The maximum absolute atomic E-state index is 14.2. The van der Waals surface area contributed by atoms with Crippen LogP contribution in [0.3, 0.4) is 0 Å². The van der Waals surface area contributed by atoms with E-state index in [9.17, 15) is 18.0 Å². The number of anilines is 1. The van der Waals surface area contributed by atoms with Crippen molar-refractivity contribution in [2.45, 2.75) is 37.5 Å². The molecule has 7 rings (SSSR count). The third kappa shape index (κ3) is 3.92. The molecule has 1 amide bonds. The molecule has 10 heteroatoms. The van der Waals surface area contributed by atoms with E-state index in [4.69, 9.17) is 4.74 Å².